The number of anilines is 1. The van der Waals surface area contributed by atoms with E-state index >= 15 is 0 Å². The normalized spacial score (nSPS) is 12.0. The summed E-state index contributed by atoms with van der Waals surface area (Å²) in [5.74, 6) is -0.573. The molecule has 0 aliphatic heterocycles. The first-order chi connectivity index (χ1) is 19.0. The summed E-state index contributed by atoms with van der Waals surface area (Å²) >= 11 is 12.3. The van der Waals surface area contributed by atoms with Gasteiger partial charge in [-0.25, -0.2) is 8.42 Å². The highest BCUT2D eigenvalue weighted by atomic mass is 35.5. The zero-order valence-corrected chi connectivity index (χ0v) is 25.3. The lowest BCUT2D eigenvalue weighted by molar-refractivity contribution is -0.141. The van der Waals surface area contributed by atoms with Crippen molar-refractivity contribution < 1.29 is 18.0 Å². The van der Waals surface area contributed by atoms with Crippen LogP contribution in [-0.2, 0) is 39.0 Å². The monoisotopic (exact) mass is 603 g/mol. The quantitative estimate of drug-likeness (QED) is 0.280. The van der Waals surface area contributed by atoms with Crippen LogP contribution in [0.1, 0.15) is 36.5 Å². The van der Waals surface area contributed by atoms with Crippen LogP contribution >= 0.6 is 23.2 Å². The molecule has 1 N–H and O–H groups in total. The molecule has 0 aliphatic rings. The molecule has 1 unspecified atom stereocenters. The Morgan fingerprint density at radius 1 is 0.900 bits per heavy atom. The van der Waals surface area contributed by atoms with Crippen LogP contribution < -0.4 is 9.62 Å². The van der Waals surface area contributed by atoms with Crippen molar-refractivity contribution in [3.05, 3.63) is 99.5 Å². The lowest BCUT2D eigenvalue weighted by atomic mass is 10.0. The molecule has 3 aromatic rings. The lowest BCUT2D eigenvalue weighted by Gasteiger charge is -2.31. The third-order valence-corrected chi connectivity index (χ3v) is 8.57. The van der Waals surface area contributed by atoms with Crippen molar-refractivity contribution in [1.29, 1.82) is 0 Å². The van der Waals surface area contributed by atoms with Gasteiger partial charge >= 0.3 is 0 Å². The van der Waals surface area contributed by atoms with Crippen LogP contribution in [0.25, 0.3) is 0 Å². The van der Waals surface area contributed by atoms with Crippen LogP contribution in [0.15, 0.2) is 72.8 Å². The molecule has 3 aromatic carbocycles. The number of carbonyl (C=O) groups excluding carboxylic acids is 2. The third-order valence-electron chi connectivity index (χ3n) is 6.64. The molecule has 7 nitrogen and oxygen atoms in total. The van der Waals surface area contributed by atoms with Gasteiger partial charge in [-0.15, -0.1) is 0 Å². The highest BCUT2D eigenvalue weighted by Gasteiger charge is 2.30. The topological polar surface area (TPSA) is 86.8 Å². The number of aryl methyl sites for hydroxylation is 1. The van der Waals surface area contributed by atoms with Gasteiger partial charge in [0.15, 0.2) is 0 Å². The molecule has 3 rings (SSSR count). The van der Waals surface area contributed by atoms with E-state index in [4.69, 9.17) is 23.2 Å². The minimum Gasteiger partial charge on any atom is -0.357 e. The van der Waals surface area contributed by atoms with Gasteiger partial charge in [0.2, 0.25) is 21.8 Å². The molecule has 1 atom stereocenters. The summed E-state index contributed by atoms with van der Waals surface area (Å²) in [6.07, 6.45) is 2.62. The summed E-state index contributed by atoms with van der Waals surface area (Å²) in [7, 11) is -2.03. The van der Waals surface area contributed by atoms with Crippen molar-refractivity contribution in [2.45, 2.75) is 45.2 Å². The van der Waals surface area contributed by atoms with Gasteiger partial charge in [0.25, 0.3) is 0 Å². The fourth-order valence-corrected chi connectivity index (χ4v) is 5.74. The van der Waals surface area contributed by atoms with Gasteiger partial charge in [0.05, 0.1) is 22.0 Å². The third kappa shape index (κ3) is 8.71. The van der Waals surface area contributed by atoms with Crippen LogP contribution in [0.3, 0.4) is 0 Å². The molecule has 0 heterocycles. The fourth-order valence-electron chi connectivity index (χ4n) is 4.46. The summed E-state index contributed by atoms with van der Waals surface area (Å²) in [5, 5.41) is 3.43. The highest BCUT2D eigenvalue weighted by molar-refractivity contribution is 7.92. The van der Waals surface area contributed by atoms with Gasteiger partial charge in [-0.2, -0.15) is 0 Å². The minimum absolute atomic E-state index is 0.0443. The Labute approximate surface area is 247 Å². The van der Waals surface area contributed by atoms with Crippen molar-refractivity contribution >= 4 is 50.7 Å². The first-order valence-electron chi connectivity index (χ1n) is 13.1. The van der Waals surface area contributed by atoms with E-state index in [0.717, 1.165) is 29.4 Å². The van der Waals surface area contributed by atoms with E-state index < -0.39 is 16.1 Å². The molecule has 0 spiro atoms. The Morgan fingerprint density at radius 3 is 2.12 bits per heavy atom. The van der Waals surface area contributed by atoms with Gasteiger partial charge < -0.3 is 10.2 Å². The molecular formula is C30H35Cl2N3O4S. The molecule has 10 heteroatoms. The van der Waals surface area contributed by atoms with E-state index in [1.807, 2.05) is 49.4 Å². The maximum absolute atomic E-state index is 13.7. The second-order valence-electron chi connectivity index (χ2n) is 9.55. The van der Waals surface area contributed by atoms with Crippen molar-refractivity contribution in [2.75, 3.05) is 24.2 Å². The van der Waals surface area contributed by atoms with E-state index in [-0.39, 0.29) is 37.7 Å². The van der Waals surface area contributed by atoms with Crippen LogP contribution in [0.5, 0.6) is 0 Å². The maximum Gasteiger partial charge on any atom is 0.242 e. The molecule has 0 saturated carbocycles. The number of sulfonamides is 1. The number of amides is 2. The Bertz CT molecular complexity index is 1400. The number of likely N-dealkylation sites (N-methyl/N-ethyl adjacent to an activating group) is 1. The Hall–Kier alpha value is -3.07. The van der Waals surface area contributed by atoms with Crippen LogP contribution in [0, 0.1) is 0 Å². The number of nitrogens with zero attached hydrogens (tertiary/aromatic N) is 2. The van der Waals surface area contributed by atoms with Crippen molar-refractivity contribution in [2.24, 2.45) is 0 Å². The zero-order chi connectivity index (χ0) is 29.3. The molecule has 0 radical (unpaired) electrons. The fraction of sp³-hybridized carbons (Fsp3) is 0.333. The lowest BCUT2D eigenvalue weighted by Crippen LogP contribution is -2.49. The maximum atomic E-state index is 13.7. The molecule has 0 bridgehead atoms. The Balaban J connectivity index is 1.85. The Kier molecular flexibility index (Phi) is 11.4. The number of carbonyl (C=O) groups is 2. The molecule has 0 aromatic heterocycles. The zero-order valence-electron chi connectivity index (χ0n) is 22.9. The average Bonchev–Trinajstić information content (AvgIpc) is 2.94. The largest absolute Gasteiger partial charge is 0.357 e. The van der Waals surface area contributed by atoms with Crippen LogP contribution in [0.2, 0.25) is 10.0 Å². The second kappa shape index (κ2) is 14.5. The summed E-state index contributed by atoms with van der Waals surface area (Å²) < 4.78 is 26.5. The van der Waals surface area contributed by atoms with Crippen molar-refractivity contribution in [3.63, 3.8) is 0 Å². The molecule has 0 fully saturated rings. The van der Waals surface area contributed by atoms with Gasteiger partial charge in [-0.1, -0.05) is 78.7 Å². The smallest absolute Gasteiger partial charge is 0.242 e. The van der Waals surface area contributed by atoms with E-state index in [0.29, 0.717) is 22.2 Å². The number of halogens is 2. The Morgan fingerprint density at radius 2 is 1.55 bits per heavy atom. The molecule has 0 aliphatic carbocycles. The molecule has 214 valence electrons. The van der Waals surface area contributed by atoms with E-state index in [2.05, 4.69) is 5.32 Å². The summed E-state index contributed by atoms with van der Waals surface area (Å²) in [4.78, 5) is 28.3. The molecule has 40 heavy (non-hydrogen) atoms. The summed E-state index contributed by atoms with van der Waals surface area (Å²) in [6.45, 7) is 2.29. The van der Waals surface area contributed by atoms with E-state index in [1.165, 1.54) is 16.3 Å². The minimum atomic E-state index is -3.57. The van der Waals surface area contributed by atoms with E-state index in [9.17, 15) is 18.0 Å². The predicted octanol–water partition coefficient (Wildman–Crippen LogP) is 5.49. The van der Waals surface area contributed by atoms with Crippen molar-refractivity contribution in [1.82, 2.24) is 10.2 Å². The highest BCUT2D eigenvalue weighted by Crippen LogP contribution is 2.25. The second-order valence-corrected chi connectivity index (χ2v) is 12.3. The van der Waals surface area contributed by atoms with Crippen LogP contribution in [0.4, 0.5) is 5.69 Å². The van der Waals surface area contributed by atoms with Gasteiger partial charge in [0, 0.05) is 33.0 Å². The number of hydrogen-bond acceptors (Lipinski definition) is 4. The van der Waals surface area contributed by atoms with Gasteiger partial charge in [-0.05, 0) is 53.8 Å². The summed E-state index contributed by atoms with van der Waals surface area (Å²) in [6, 6.07) is 21.1. The number of rotatable bonds is 13. The number of nitrogens with one attached hydrogen (secondary N) is 1. The standard InChI is InChI=1S/C30H35Cl2N3O4S/c1-4-22-12-15-25(16-13-22)35(40(3,38)39)18-8-11-29(36)34(21-24-14-17-26(31)27(32)19-24)28(30(37)33-2)20-23-9-6-5-7-10-23/h5-7,9-10,12-17,19,28H,4,8,11,18,20-21H2,1-3H3,(H,33,37). The SMILES string of the molecule is CCc1ccc(N(CCCC(=O)N(Cc2ccc(Cl)c(Cl)c2)C(Cc2ccccc2)C(=O)NC)S(C)(=O)=O)cc1. The molecular weight excluding hydrogens is 569 g/mol. The van der Waals surface area contributed by atoms with Crippen molar-refractivity contribution in [3.8, 4) is 0 Å². The average molecular weight is 605 g/mol. The predicted molar refractivity (Wildman–Crippen MR) is 162 cm³/mol. The van der Waals surface area contributed by atoms with Gasteiger partial charge in [-0.3, -0.25) is 13.9 Å². The van der Waals surface area contributed by atoms with Gasteiger partial charge in [0.1, 0.15) is 6.04 Å². The first-order valence-corrected chi connectivity index (χ1v) is 15.7. The first kappa shape index (κ1) is 31.5. The van der Waals surface area contributed by atoms with E-state index in [1.54, 1.807) is 30.3 Å². The molecule has 2 amide bonds. The number of benzene rings is 3. The summed E-state index contributed by atoms with van der Waals surface area (Å²) in [5.41, 5.74) is 3.27. The van der Waals surface area contributed by atoms with Crippen LogP contribution in [-0.4, -0.2) is 51.0 Å². The molecule has 0 saturated heterocycles. The number of hydrogen-bond donors (Lipinski definition) is 1.